The second kappa shape index (κ2) is 8.29. The number of rotatable bonds is 5. The molecular weight excluding hydrogens is 282 g/mol. The van der Waals surface area contributed by atoms with Crippen LogP contribution in [0.2, 0.25) is 0 Å². The first-order chi connectivity index (χ1) is 10.3. The largest absolute Gasteiger partial charge is 0.381 e. The van der Waals surface area contributed by atoms with Gasteiger partial charge in [0.25, 0.3) is 0 Å². The molecule has 5 heteroatoms. The highest BCUT2D eigenvalue weighted by molar-refractivity contribution is 8.00. The Balaban J connectivity index is 1.82. The van der Waals surface area contributed by atoms with Crippen molar-refractivity contribution in [3.8, 4) is 0 Å². The molecule has 0 aromatic heterocycles. The Morgan fingerprint density at radius 1 is 1.24 bits per heavy atom. The number of nitrogens with zero attached hydrogens (tertiary/aromatic N) is 1. The molecular formula is C16H25N3OS. The van der Waals surface area contributed by atoms with Crippen LogP contribution in [0.5, 0.6) is 0 Å². The van der Waals surface area contributed by atoms with E-state index in [1.54, 1.807) is 0 Å². The van der Waals surface area contributed by atoms with Gasteiger partial charge in [-0.3, -0.25) is 4.99 Å². The van der Waals surface area contributed by atoms with Crippen molar-refractivity contribution in [2.45, 2.75) is 24.1 Å². The zero-order valence-corrected chi connectivity index (χ0v) is 13.7. The fraction of sp³-hybridized carbons (Fsp3) is 0.562. The zero-order valence-electron chi connectivity index (χ0n) is 12.9. The quantitative estimate of drug-likeness (QED) is 0.647. The number of nitrogens with one attached hydrogen (secondary N) is 2. The molecule has 0 saturated carbocycles. The first-order valence-corrected chi connectivity index (χ1v) is 8.62. The summed E-state index contributed by atoms with van der Waals surface area (Å²) < 4.78 is 5.74. The van der Waals surface area contributed by atoms with E-state index in [0.29, 0.717) is 0 Å². The van der Waals surface area contributed by atoms with E-state index in [9.17, 15) is 0 Å². The summed E-state index contributed by atoms with van der Waals surface area (Å²) in [5.41, 5.74) is 1.26. The van der Waals surface area contributed by atoms with Gasteiger partial charge < -0.3 is 15.4 Å². The summed E-state index contributed by atoms with van der Waals surface area (Å²) in [6.07, 6.45) is 4.38. The standard InChI is InChI=1S/C16H25N3OS/c1-17-15(18-12-14-6-4-3-5-7-14)19-13-16(21-2)8-10-20-11-9-16/h3-7H,8-13H2,1-2H3,(H2,17,18,19). The molecule has 2 rings (SSSR count). The van der Waals surface area contributed by atoms with Gasteiger partial charge in [0, 0.05) is 38.1 Å². The van der Waals surface area contributed by atoms with E-state index >= 15 is 0 Å². The van der Waals surface area contributed by atoms with Gasteiger partial charge in [-0.25, -0.2) is 0 Å². The number of hydrogen-bond donors (Lipinski definition) is 2. The third-order valence-corrected chi connectivity index (χ3v) is 5.36. The summed E-state index contributed by atoms with van der Waals surface area (Å²) >= 11 is 1.93. The maximum atomic E-state index is 5.48. The van der Waals surface area contributed by atoms with Gasteiger partial charge in [0.05, 0.1) is 0 Å². The van der Waals surface area contributed by atoms with E-state index < -0.39 is 0 Å². The lowest BCUT2D eigenvalue weighted by molar-refractivity contribution is 0.0783. The number of hydrogen-bond acceptors (Lipinski definition) is 3. The minimum Gasteiger partial charge on any atom is -0.381 e. The Hall–Kier alpha value is -1.20. The second-order valence-corrected chi connectivity index (χ2v) is 6.54. The summed E-state index contributed by atoms with van der Waals surface area (Å²) in [6.45, 7) is 3.43. The van der Waals surface area contributed by atoms with Crippen LogP contribution < -0.4 is 10.6 Å². The predicted octanol–water partition coefficient (Wildman–Crippen LogP) is 2.26. The van der Waals surface area contributed by atoms with Crippen LogP contribution in [0, 0.1) is 0 Å². The first-order valence-electron chi connectivity index (χ1n) is 7.39. The van der Waals surface area contributed by atoms with Crippen molar-refractivity contribution < 1.29 is 4.74 Å². The normalized spacial score (nSPS) is 18.3. The van der Waals surface area contributed by atoms with Crippen LogP contribution in [0.4, 0.5) is 0 Å². The fourth-order valence-corrected chi connectivity index (χ4v) is 3.23. The van der Waals surface area contributed by atoms with Crippen molar-refractivity contribution in [1.29, 1.82) is 0 Å². The molecule has 0 aliphatic carbocycles. The van der Waals surface area contributed by atoms with E-state index in [2.05, 4.69) is 46.1 Å². The summed E-state index contributed by atoms with van der Waals surface area (Å²) in [5.74, 6) is 0.860. The molecule has 1 fully saturated rings. The van der Waals surface area contributed by atoms with E-state index in [0.717, 1.165) is 45.1 Å². The van der Waals surface area contributed by atoms with Gasteiger partial charge in [0.1, 0.15) is 0 Å². The Bertz CT molecular complexity index is 444. The molecule has 1 saturated heterocycles. The molecule has 21 heavy (non-hydrogen) atoms. The molecule has 0 spiro atoms. The average molecular weight is 307 g/mol. The van der Waals surface area contributed by atoms with E-state index in [-0.39, 0.29) is 4.75 Å². The minimum atomic E-state index is 0.266. The first kappa shape index (κ1) is 16.2. The smallest absolute Gasteiger partial charge is 0.191 e. The Morgan fingerprint density at radius 3 is 2.57 bits per heavy atom. The number of thioether (sulfide) groups is 1. The van der Waals surface area contributed by atoms with Crippen LogP contribution in [-0.2, 0) is 11.3 Å². The molecule has 0 amide bonds. The fourth-order valence-electron chi connectivity index (χ4n) is 2.44. The van der Waals surface area contributed by atoms with Crippen LogP contribution in [0.15, 0.2) is 35.3 Å². The van der Waals surface area contributed by atoms with Crippen molar-refractivity contribution in [3.63, 3.8) is 0 Å². The van der Waals surface area contributed by atoms with E-state index in [4.69, 9.17) is 4.74 Å². The van der Waals surface area contributed by atoms with Gasteiger partial charge in [-0.1, -0.05) is 30.3 Å². The molecule has 4 nitrogen and oxygen atoms in total. The van der Waals surface area contributed by atoms with Crippen molar-refractivity contribution in [2.75, 3.05) is 33.1 Å². The molecule has 0 atom stereocenters. The number of ether oxygens (including phenoxy) is 1. The van der Waals surface area contributed by atoms with Crippen LogP contribution in [-0.4, -0.2) is 43.8 Å². The van der Waals surface area contributed by atoms with Gasteiger partial charge >= 0.3 is 0 Å². The van der Waals surface area contributed by atoms with Gasteiger partial charge in [-0.15, -0.1) is 0 Å². The second-order valence-electron chi connectivity index (χ2n) is 5.26. The highest BCUT2D eigenvalue weighted by atomic mass is 32.2. The molecule has 0 bridgehead atoms. The summed E-state index contributed by atoms with van der Waals surface area (Å²) in [6, 6.07) is 10.4. The molecule has 1 aliphatic heterocycles. The summed E-state index contributed by atoms with van der Waals surface area (Å²) in [5, 5.41) is 6.83. The van der Waals surface area contributed by atoms with Gasteiger partial charge in [0.2, 0.25) is 0 Å². The van der Waals surface area contributed by atoms with Crippen LogP contribution in [0.25, 0.3) is 0 Å². The topological polar surface area (TPSA) is 45.7 Å². The molecule has 2 N–H and O–H groups in total. The lowest BCUT2D eigenvalue weighted by Crippen LogP contribution is -2.47. The number of guanidine groups is 1. The van der Waals surface area contributed by atoms with Crippen LogP contribution in [0.3, 0.4) is 0 Å². The Morgan fingerprint density at radius 2 is 1.95 bits per heavy atom. The van der Waals surface area contributed by atoms with Crippen molar-refractivity contribution >= 4 is 17.7 Å². The van der Waals surface area contributed by atoms with E-state index in [1.807, 2.05) is 24.9 Å². The molecule has 1 aromatic carbocycles. The van der Waals surface area contributed by atoms with Crippen LogP contribution >= 0.6 is 11.8 Å². The third kappa shape index (κ3) is 4.93. The van der Waals surface area contributed by atoms with Gasteiger partial charge in [-0.05, 0) is 24.7 Å². The molecule has 1 heterocycles. The minimum absolute atomic E-state index is 0.266. The van der Waals surface area contributed by atoms with Crippen molar-refractivity contribution in [2.24, 2.45) is 4.99 Å². The summed E-state index contributed by atoms with van der Waals surface area (Å²) in [7, 11) is 1.82. The Kier molecular flexibility index (Phi) is 6.39. The lowest BCUT2D eigenvalue weighted by Gasteiger charge is -2.36. The van der Waals surface area contributed by atoms with Crippen LogP contribution in [0.1, 0.15) is 18.4 Å². The molecule has 1 aliphatic rings. The monoisotopic (exact) mass is 307 g/mol. The third-order valence-electron chi connectivity index (χ3n) is 3.94. The highest BCUT2D eigenvalue weighted by Gasteiger charge is 2.31. The number of benzene rings is 1. The number of aliphatic imine (C=N–C) groups is 1. The molecule has 116 valence electrons. The SMILES string of the molecule is CN=C(NCc1ccccc1)NCC1(SC)CCOCC1. The Labute approximate surface area is 131 Å². The van der Waals surface area contributed by atoms with Crippen molar-refractivity contribution in [1.82, 2.24) is 10.6 Å². The molecule has 0 radical (unpaired) electrons. The zero-order chi connectivity index (χ0) is 15.0. The van der Waals surface area contributed by atoms with Crippen molar-refractivity contribution in [3.05, 3.63) is 35.9 Å². The lowest BCUT2D eigenvalue weighted by atomic mass is 9.99. The maximum absolute atomic E-state index is 5.48. The van der Waals surface area contributed by atoms with Gasteiger partial charge in [-0.2, -0.15) is 11.8 Å². The summed E-state index contributed by atoms with van der Waals surface area (Å²) in [4.78, 5) is 4.31. The molecule has 1 aromatic rings. The highest BCUT2D eigenvalue weighted by Crippen LogP contribution is 2.32. The average Bonchev–Trinajstić information content (AvgIpc) is 2.57. The molecule has 0 unspecified atom stereocenters. The van der Waals surface area contributed by atoms with E-state index in [1.165, 1.54) is 5.56 Å². The predicted molar refractivity (Wildman–Crippen MR) is 90.9 cm³/mol. The maximum Gasteiger partial charge on any atom is 0.191 e. The van der Waals surface area contributed by atoms with Gasteiger partial charge in [0.15, 0.2) is 5.96 Å².